The van der Waals surface area contributed by atoms with E-state index in [-0.39, 0.29) is 16.7 Å². The Morgan fingerprint density at radius 2 is 1.57 bits per heavy atom. The number of aryl methyl sites for hydroxylation is 1. The summed E-state index contributed by atoms with van der Waals surface area (Å²) in [5.74, 6) is 0.289. The first kappa shape index (κ1) is 24.7. The largest absolute Gasteiger partial charge is 0.299 e. The van der Waals surface area contributed by atoms with E-state index in [1.807, 2.05) is 0 Å². The molecule has 2 aromatic rings. The van der Waals surface area contributed by atoms with Crippen LogP contribution >= 0.6 is 23.2 Å². The normalized spacial score (nSPS) is 20.9. The zero-order valence-electron chi connectivity index (χ0n) is 18.2. The van der Waals surface area contributed by atoms with Gasteiger partial charge in [-0.2, -0.15) is 5.26 Å². The van der Waals surface area contributed by atoms with Gasteiger partial charge < -0.3 is 0 Å². The second kappa shape index (κ2) is 13.7. The number of alkyl halides is 2. The van der Waals surface area contributed by atoms with Crippen molar-refractivity contribution in [1.82, 2.24) is 4.90 Å². The lowest BCUT2D eigenvalue weighted by molar-refractivity contribution is 0.276. The van der Waals surface area contributed by atoms with Crippen LogP contribution in [0.2, 0.25) is 0 Å². The maximum Gasteiger partial charge on any atom is 0.0587 e. The van der Waals surface area contributed by atoms with Crippen molar-refractivity contribution >= 4 is 23.2 Å². The maximum absolute atomic E-state index is 7.32. The van der Waals surface area contributed by atoms with E-state index >= 15 is 0 Å². The van der Waals surface area contributed by atoms with Crippen molar-refractivity contribution in [1.29, 1.82) is 5.26 Å². The molecule has 2 nitrogen and oxygen atoms in total. The first-order valence-corrected chi connectivity index (χ1v) is 11.9. The Morgan fingerprint density at radius 1 is 0.967 bits per heavy atom. The minimum Gasteiger partial charge on any atom is -0.299 e. The molecule has 30 heavy (non-hydrogen) atoms. The Hall–Kier alpha value is -1.53. The molecule has 0 radical (unpaired) electrons. The first-order chi connectivity index (χ1) is 14.6. The molecule has 1 aliphatic rings. The third-order valence-electron chi connectivity index (χ3n) is 5.74. The molecule has 2 atom stereocenters. The smallest absolute Gasteiger partial charge is 0.0587 e. The maximum atomic E-state index is 7.32. The van der Waals surface area contributed by atoms with E-state index in [1.54, 1.807) is 6.07 Å². The minimum atomic E-state index is 0.170. The van der Waals surface area contributed by atoms with E-state index in [0.717, 1.165) is 45.3 Å². The van der Waals surface area contributed by atoms with Gasteiger partial charge in [-0.15, -0.1) is 23.2 Å². The molecule has 0 heterocycles. The van der Waals surface area contributed by atoms with Crippen LogP contribution in [0.4, 0.5) is 0 Å². The molecule has 0 aromatic heterocycles. The molecule has 1 aliphatic carbocycles. The van der Waals surface area contributed by atoms with Crippen molar-refractivity contribution in [3.05, 3.63) is 71.3 Å². The Labute approximate surface area is 192 Å². The highest BCUT2D eigenvalue weighted by Gasteiger charge is 2.31. The molecule has 1 saturated carbocycles. The van der Waals surface area contributed by atoms with Crippen molar-refractivity contribution in [2.24, 2.45) is 0 Å². The second-order valence-electron chi connectivity index (χ2n) is 7.91. The lowest BCUT2D eigenvalue weighted by atomic mass is 9.83. The van der Waals surface area contributed by atoms with Gasteiger partial charge in [-0.3, -0.25) is 4.90 Å². The number of benzene rings is 2. The van der Waals surface area contributed by atoms with Gasteiger partial charge in [-0.1, -0.05) is 67.9 Å². The van der Waals surface area contributed by atoms with E-state index < -0.39 is 0 Å². The van der Waals surface area contributed by atoms with Crippen molar-refractivity contribution in [2.75, 3.05) is 13.1 Å². The summed E-state index contributed by atoms with van der Waals surface area (Å²) >= 11 is 13.1. The van der Waals surface area contributed by atoms with Crippen LogP contribution in [-0.2, 0) is 13.0 Å². The van der Waals surface area contributed by atoms with Gasteiger partial charge in [-0.25, -0.2) is 0 Å². The molecule has 0 spiro atoms. The molecule has 0 N–H and O–H groups in total. The molecule has 3 rings (SSSR count). The summed E-state index contributed by atoms with van der Waals surface area (Å²) in [7, 11) is 0. The zero-order chi connectivity index (χ0) is 21.8. The number of rotatable bonds is 8. The first-order valence-electron chi connectivity index (χ1n) is 11.0. The lowest BCUT2D eigenvalue weighted by Gasteiger charge is -2.32. The fraction of sp³-hybridized carbons (Fsp3) is 0.500. The Kier molecular flexibility index (Phi) is 11.3. The molecule has 0 bridgehead atoms. The molecule has 0 saturated heterocycles. The fourth-order valence-electron chi connectivity index (χ4n) is 4.12. The van der Waals surface area contributed by atoms with E-state index in [9.17, 15) is 0 Å². The van der Waals surface area contributed by atoms with Crippen molar-refractivity contribution in [3.63, 3.8) is 0 Å². The number of nitrogens with zero attached hydrogens (tertiary/aromatic N) is 2. The van der Waals surface area contributed by atoms with E-state index in [0.29, 0.717) is 0 Å². The second-order valence-corrected chi connectivity index (χ2v) is 9.03. The fourth-order valence-corrected chi connectivity index (χ4v) is 5.14. The summed E-state index contributed by atoms with van der Waals surface area (Å²) in [6.45, 7) is 6.92. The van der Waals surface area contributed by atoms with Gasteiger partial charge in [0.2, 0.25) is 0 Å². The van der Waals surface area contributed by atoms with Gasteiger partial charge in [-0.05, 0) is 55.5 Å². The van der Waals surface area contributed by atoms with Crippen molar-refractivity contribution in [3.8, 4) is 6.07 Å². The molecule has 2 unspecified atom stereocenters. The molecule has 4 heteroatoms. The van der Waals surface area contributed by atoms with Crippen LogP contribution in [0.25, 0.3) is 0 Å². The highest BCUT2D eigenvalue weighted by Crippen LogP contribution is 2.39. The van der Waals surface area contributed by atoms with Crippen LogP contribution in [0.5, 0.6) is 0 Å². The summed E-state index contributed by atoms with van der Waals surface area (Å²) in [5.41, 5.74) is 4.10. The van der Waals surface area contributed by atoms with Gasteiger partial charge in [0.25, 0.3) is 0 Å². The van der Waals surface area contributed by atoms with E-state index in [2.05, 4.69) is 66.4 Å². The molecule has 1 fully saturated rings. The topological polar surface area (TPSA) is 27.0 Å². The van der Waals surface area contributed by atoms with Crippen LogP contribution < -0.4 is 0 Å². The van der Waals surface area contributed by atoms with Gasteiger partial charge >= 0.3 is 0 Å². The van der Waals surface area contributed by atoms with Crippen LogP contribution in [0.3, 0.4) is 0 Å². The Morgan fingerprint density at radius 3 is 2.13 bits per heavy atom. The number of hydrogen-bond donors (Lipinski definition) is 0. The third-order valence-corrected chi connectivity index (χ3v) is 6.72. The third kappa shape index (κ3) is 7.95. The number of hydrogen-bond acceptors (Lipinski definition) is 2. The number of halogens is 2. The minimum absolute atomic E-state index is 0.170. The molecular formula is C26H34Cl2N2. The van der Waals surface area contributed by atoms with Crippen LogP contribution in [0.1, 0.15) is 62.1 Å². The molecule has 0 aliphatic heterocycles. The molecule has 162 valence electrons. The monoisotopic (exact) mass is 444 g/mol. The molecule has 0 amide bonds. The van der Waals surface area contributed by atoms with Gasteiger partial charge in [0, 0.05) is 30.1 Å². The predicted octanol–water partition coefficient (Wildman–Crippen LogP) is 7.15. The summed E-state index contributed by atoms with van der Waals surface area (Å²) in [5, 5.41) is 7.66. The van der Waals surface area contributed by atoms with E-state index in [4.69, 9.17) is 28.5 Å². The highest BCUT2D eigenvalue weighted by molar-refractivity contribution is 6.24. The van der Waals surface area contributed by atoms with Crippen molar-refractivity contribution < 1.29 is 0 Å². The highest BCUT2D eigenvalue weighted by atomic mass is 35.5. The number of nitriles is 1. The SMILES string of the molecule is CC#N.CCN(CCCc1ccc(C2C(Cl)CCCC2Cl)cc1)Cc1ccccc1. The van der Waals surface area contributed by atoms with Gasteiger partial charge in [0.15, 0.2) is 0 Å². The lowest BCUT2D eigenvalue weighted by Crippen LogP contribution is -2.27. The molecular weight excluding hydrogens is 411 g/mol. The van der Waals surface area contributed by atoms with Gasteiger partial charge in [0.1, 0.15) is 0 Å². The zero-order valence-corrected chi connectivity index (χ0v) is 19.7. The summed E-state index contributed by atoms with van der Waals surface area (Å²) in [6.07, 6.45) is 5.59. The standard InChI is InChI=1S/C24H31Cl2N.C2H3N/c1-2-27(18-20-8-4-3-5-9-20)17-7-10-19-13-15-21(16-14-19)24-22(25)11-6-12-23(24)26;1-2-3/h3-5,8-9,13-16,22-24H,2,6-7,10-12,17-18H2,1H3;1H3. The van der Waals surface area contributed by atoms with Crippen LogP contribution in [0, 0.1) is 11.3 Å². The van der Waals surface area contributed by atoms with Gasteiger partial charge in [0.05, 0.1) is 6.07 Å². The average molecular weight is 445 g/mol. The Balaban J connectivity index is 0.00000101. The van der Waals surface area contributed by atoms with Crippen LogP contribution in [-0.4, -0.2) is 28.7 Å². The summed E-state index contributed by atoms with van der Waals surface area (Å²) < 4.78 is 0. The summed E-state index contributed by atoms with van der Waals surface area (Å²) in [4.78, 5) is 2.52. The Bertz CT molecular complexity index is 745. The van der Waals surface area contributed by atoms with Crippen molar-refractivity contribution in [2.45, 2.75) is 69.2 Å². The summed E-state index contributed by atoms with van der Waals surface area (Å²) in [6, 6.07) is 21.5. The quantitative estimate of drug-likeness (QED) is 0.403. The van der Waals surface area contributed by atoms with E-state index in [1.165, 1.54) is 30.0 Å². The van der Waals surface area contributed by atoms with Crippen LogP contribution in [0.15, 0.2) is 54.6 Å². The average Bonchev–Trinajstić information content (AvgIpc) is 2.75. The molecule has 2 aromatic carbocycles. The predicted molar refractivity (Wildman–Crippen MR) is 129 cm³/mol.